The van der Waals surface area contributed by atoms with Gasteiger partial charge in [0.25, 0.3) is 0 Å². The predicted molar refractivity (Wildman–Crippen MR) is 84.7 cm³/mol. The summed E-state index contributed by atoms with van der Waals surface area (Å²) < 4.78 is 0. The van der Waals surface area contributed by atoms with Gasteiger partial charge in [-0.1, -0.05) is 27.7 Å². The number of hydrogen-bond donors (Lipinski definition) is 0. The Morgan fingerprint density at radius 2 is 1.95 bits per heavy atom. The van der Waals surface area contributed by atoms with Crippen molar-refractivity contribution in [2.45, 2.75) is 59.8 Å². The quantitative estimate of drug-likeness (QED) is 0.778. The van der Waals surface area contributed by atoms with E-state index in [1.54, 1.807) is 0 Å². The molecular formula is C18H33NO. The van der Waals surface area contributed by atoms with Crippen molar-refractivity contribution in [1.82, 2.24) is 4.90 Å². The van der Waals surface area contributed by atoms with Crippen LogP contribution in [0.3, 0.4) is 0 Å². The fourth-order valence-electron chi connectivity index (χ4n) is 4.29. The van der Waals surface area contributed by atoms with E-state index in [9.17, 15) is 4.79 Å². The van der Waals surface area contributed by atoms with Crippen molar-refractivity contribution in [3.8, 4) is 0 Å². The molecule has 2 fully saturated rings. The summed E-state index contributed by atoms with van der Waals surface area (Å²) >= 11 is 0. The van der Waals surface area contributed by atoms with Gasteiger partial charge in [0.15, 0.2) is 0 Å². The molecule has 1 saturated carbocycles. The van der Waals surface area contributed by atoms with Crippen LogP contribution in [-0.2, 0) is 4.79 Å². The summed E-state index contributed by atoms with van der Waals surface area (Å²) in [5.41, 5.74) is 0. The Morgan fingerprint density at radius 1 is 1.20 bits per heavy atom. The minimum atomic E-state index is 0.307. The molecule has 4 unspecified atom stereocenters. The van der Waals surface area contributed by atoms with E-state index in [-0.39, 0.29) is 0 Å². The maximum absolute atomic E-state index is 12.3. The minimum Gasteiger partial charge on any atom is -0.303 e. The van der Waals surface area contributed by atoms with Gasteiger partial charge in [0, 0.05) is 18.9 Å². The van der Waals surface area contributed by atoms with Gasteiger partial charge in [0.2, 0.25) is 0 Å². The van der Waals surface area contributed by atoms with Gasteiger partial charge in [-0.3, -0.25) is 4.79 Å². The number of rotatable bonds is 3. The van der Waals surface area contributed by atoms with Crippen LogP contribution in [0.5, 0.6) is 0 Å². The van der Waals surface area contributed by atoms with Crippen LogP contribution in [0.15, 0.2) is 0 Å². The molecule has 0 N–H and O–H groups in total. The third-order valence-electron chi connectivity index (χ3n) is 5.69. The lowest BCUT2D eigenvalue weighted by molar-refractivity contribution is -0.128. The highest BCUT2D eigenvalue weighted by Gasteiger charge is 2.33. The van der Waals surface area contributed by atoms with Crippen molar-refractivity contribution in [3.05, 3.63) is 0 Å². The van der Waals surface area contributed by atoms with Crippen LogP contribution < -0.4 is 0 Å². The molecule has 0 amide bonds. The fraction of sp³-hybridized carbons (Fsp3) is 0.944. The van der Waals surface area contributed by atoms with Crippen molar-refractivity contribution in [3.63, 3.8) is 0 Å². The van der Waals surface area contributed by atoms with Gasteiger partial charge in [0.1, 0.15) is 5.78 Å². The predicted octanol–water partition coefficient (Wildman–Crippen LogP) is 4.00. The number of Topliss-reactive ketones (excluding diaryl/α,β-unsaturated/α-hetero) is 1. The Balaban J connectivity index is 1.88. The molecular weight excluding hydrogens is 246 g/mol. The van der Waals surface area contributed by atoms with Gasteiger partial charge in [0.05, 0.1) is 0 Å². The first kappa shape index (κ1) is 16.0. The maximum atomic E-state index is 12.3. The number of carbonyl (C=O) groups excluding carboxylic acids is 1. The molecule has 2 aliphatic rings. The third-order valence-corrected chi connectivity index (χ3v) is 5.69. The van der Waals surface area contributed by atoms with E-state index in [0.717, 1.165) is 24.8 Å². The van der Waals surface area contributed by atoms with E-state index in [1.165, 1.54) is 38.8 Å². The molecule has 20 heavy (non-hydrogen) atoms. The summed E-state index contributed by atoms with van der Waals surface area (Å²) in [7, 11) is 0. The second-order valence-electron chi connectivity index (χ2n) is 7.83. The van der Waals surface area contributed by atoms with Crippen molar-refractivity contribution in [2.75, 3.05) is 19.6 Å². The maximum Gasteiger partial charge on any atom is 0.137 e. The summed E-state index contributed by atoms with van der Waals surface area (Å²) in [4.78, 5) is 14.9. The van der Waals surface area contributed by atoms with Crippen LogP contribution in [-0.4, -0.2) is 30.3 Å². The first-order chi connectivity index (χ1) is 9.47. The molecule has 2 rings (SSSR count). The molecule has 4 atom stereocenters. The molecule has 0 aromatic carbocycles. The van der Waals surface area contributed by atoms with Gasteiger partial charge >= 0.3 is 0 Å². The molecule has 1 aliphatic heterocycles. The Hall–Kier alpha value is -0.370. The summed E-state index contributed by atoms with van der Waals surface area (Å²) in [6, 6.07) is 0. The largest absolute Gasteiger partial charge is 0.303 e. The van der Waals surface area contributed by atoms with Crippen LogP contribution in [0.4, 0.5) is 0 Å². The van der Waals surface area contributed by atoms with E-state index in [0.29, 0.717) is 23.5 Å². The van der Waals surface area contributed by atoms with Crippen LogP contribution in [0.1, 0.15) is 59.8 Å². The average Bonchev–Trinajstić information content (AvgIpc) is 2.59. The molecule has 2 heteroatoms. The highest BCUT2D eigenvalue weighted by atomic mass is 16.1. The molecule has 116 valence electrons. The summed E-state index contributed by atoms with van der Waals surface area (Å²) in [5, 5.41) is 0. The number of nitrogens with zero attached hydrogens (tertiary/aromatic N) is 1. The average molecular weight is 279 g/mol. The smallest absolute Gasteiger partial charge is 0.137 e. The second-order valence-corrected chi connectivity index (χ2v) is 7.83. The monoisotopic (exact) mass is 279 g/mol. The zero-order chi connectivity index (χ0) is 14.7. The summed E-state index contributed by atoms with van der Waals surface area (Å²) in [5.74, 6) is 3.71. The van der Waals surface area contributed by atoms with Gasteiger partial charge in [-0.15, -0.1) is 0 Å². The zero-order valence-electron chi connectivity index (χ0n) is 13.9. The highest BCUT2D eigenvalue weighted by Crippen LogP contribution is 2.32. The number of hydrogen-bond acceptors (Lipinski definition) is 2. The van der Waals surface area contributed by atoms with Crippen molar-refractivity contribution >= 4 is 5.78 Å². The standard InChI is InChI=1S/C18H33NO/c1-13(2)16-6-5-8-19(9-7-16)12-17-15(4)10-14(3)11-18(17)20/h13-17H,5-12H2,1-4H3. The van der Waals surface area contributed by atoms with Crippen LogP contribution in [0, 0.1) is 29.6 Å². The zero-order valence-corrected chi connectivity index (χ0v) is 13.9. The molecule has 1 heterocycles. The van der Waals surface area contributed by atoms with E-state index in [2.05, 4.69) is 32.6 Å². The van der Waals surface area contributed by atoms with Gasteiger partial charge in [-0.05, 0) is 62.4 Å². The normalized spacial score (nSPS) is 37.1. The first-order valence-electron chi connectivity index (χ1n) is 8.72. The Morgan fingerprint density at radius 3 is 2.60 bits per heavy atom. The SMILES string of the molecule is CC1CC(=O)C(CN2CCCC(C(C)C)CC2)C(C)C1. The first-order valence-corrected chi connectivity index (χ1v) is 8.72. The molecule has 0 bridgehead atoms. The second kappa shape index (κ2) is 7.06. The molecule has 2 nitrogen and oxygen atoms in total. The van der Waals surface area contributed by atoms with Gasteiger partial charge < -0.3 is 4.90 Å². The molecule has 0 radical (unpaired) electrons. The number of ketones is 1. The van der Waals surface area contributed by atoms with Crippen molar-refractivity contribution < 1.29 is 4.79 Å². The molecule has 1 aliphatic carbocycles. The fourth-order valence-corrected chi connectivity index (χ4v) is 4.29. The lowest BCUT2D eigenvalue weighted by atomic mass is 9.74. The highest BCUT2D eigenvalue weighted by molar-refractivity contribution is 5.82. The number of likely N-dealkylation sites (tertiary alicyclic amines) is 1. The molecule has 0 spiro atoms. The topological polar surface area (TPSA) is 20.3 Å². The lowest BCUT2D eigenvalue weighted by Crippen LogP contribution is -2.40. The van der Waals surface area contributed by atoms with Crippen LogP contribution >= 0.6 is 0 Å². The van der Waals surface area contributed by atoms with Crippen LogP contribution in [0.2, 0.25) is 0 Å². The summed E-state index contributed by atoms with van der Waals surface area (Å²) in [6.45, 7) is 12.7. The van der Waals surface area contributed by atoms with E-state index in [4.69, 9.17) is 0 Å². The molecule has 0 aromatic heterocycles. The molecule has 1 saturated heterocycles. The van der Waals surface area contributed by atoms with Gasteiger partial charge in [-0.25, -0.2) is 0 Å². The Kier molecular flexibility index (Phi) is 5.65. The van der Waals surface area contributed by atoms with Crippen LogP contribution in [0.25, 0.3) is 0 Å². The van der Waals surface area contributed by atoms with E-state index >= 15 is 0 Å². The summed E-state index contributed by atoms with van der Waals surface area (Å²) in [6.07, 6.45) is 6.06. The Labute approximate surface area is 125 Å². The van der Waals surface area contributed by atoms with Gasteiger partial charge in [-0.2, -0.15) is 0 Å². The molecule has 0 aromatic rings. The van der Waals surface area contributed by atoms with Crippen molar-refractivity contribution in [1.29, 1.82) is 0 Å². The number of carbonyl (C=O) groups is 1. The van der Waals surface area contributed by atoms with Crippen molar-refractivity contribution in [2.24, 2.45) is 29.6 Å². The lowest BCUT2D eigenvalue weighted by Gasteiger charge is -2.35. The van der Waals surface area contributed by atoms with E-state index in [1.807, 2.05) is 0 Å². The van der Waals surface area contributed by atoms with E-state index < -0.39 is 0 Å². The minimum absolute atomic E-state index is 0.307. The third kappa shape index (κ3) is 4.07. The Bertz CT molecular complexity index is 325.